The van der Waals surface area contributed by atoms with Crippen molar-refractivity contribution in [3.05, 3.63) is 54.1 Å². The SMILES string of the molecule is CCOc1ccc(S(=O)(=O)Nc2ccc(C(=O)NC3CC3)cc2)cc1. The van der Waals surface area contributed by atoms with Crippen LogP contribution in [0.3, 0.4) is 0 Å². The Labute approximate surface area is 147 Å². The van der Waals surface area contributed by atoms with E-state index in [9.17, 15) is 13.2 Å². The van der Waals surface area contributed by atoms with Gasteiger partial charge in [0.1, 0.15) is 5.75 Å². The number of carbonyl (C=O) groups is 1. The molecular formula is C18H20N2O4S. The second-order valence-corrected chi connectivity index (χ2v) is 7.52. The number of amides is 1. The summed E-state index contributed by atoms with van der Waals surface area (Å²) in [6.07, 6.45) is 2.04. The Bertz CT molecular complexity index is 842. The van der Waals surface area contributed by atoms with Gasteiger partial charge >= 0.3 is 0 Å². The van der Waals surface area contributed by atoms with Gasteiger partial charge in [-0.1, -0.05) is 0 Å². The van der Waals surface area contributed by atoms with Gasteiger partial charge in [0.2, 0.25) is 0 Å². The number of sulfonamides is 1. The standard InChI is InChI=1S/C18H20N2O4S/c1-2-24-16-9-11-17(12-10-16)25(22,23)20-15-5-3-13(4-6-15)18(21)19-14-7-8-14/h3-6,9-12,14,20H,2,7-8H2,1H3,(H,19,21). The molecule has 2 N–H and O–H groups in total. The van der Waals surface area contributed by atoms with E-state index in [1.807, 2.05) is 6.92 Å². The highest BCUT2D eigenvalue weighted by Crippen LogP contribution is 2.21. The molecule has 0 bridgehead atoms. The van der Waals surface area contributed by atoms with Crippen molar-refractivity contribution >= 4 is 21.6 Å². The van der Waals surface area contributed by atoms with Crippen molar-refractivity contribution in [2.75, 3.05) is 11.3 Å². The highest BCUT2D eigenvalue weighted by molar-refractivity contribution is 7.92. The molecule has 0 aromatic heterocycles. The summed E-state index contributed by atoms with van der Waals surface area (Å²) < 4.78 is 32.6. The first kappa shape index (κ1) is 17.3. The van der Waals surface area contributed by atoms with E-state index in [1.54, 1.807) is 36.4 Å². The van der Waals surface area contributed by atoms with Crippen LogP contribution in [0.1, 0.15) is 30.1 Å². The van der Waals surface area contributed by atoms with Crippen molar-refractivity contribution in [2.45, 2.75) is 30.7 Å². The molecular weight excluding hydrogens is 340 g/mol. The molecule has 0 atom stereocenters. The minimum absolute atomic E-state index is 0.136. The highest BCUT2D eigenvalue weighted by atomic mass is 32.2. The summed E-state index contributed by atoms with van der Waals surface area (Å²) in [5.74, 6) is 0.482. The predicted octanol–water partition coefficient (Wildman–Crippen LogP) is 2.78. The fourth-order valence-corrected chi connectivity index (χ4v) is 3.34. The number of nitrogens with one attached hydrogen (secondary N) is 2. The minimum atomic E-state index is -3.69. The quantitative estimate of drug-likeness (QED) is 0.795. The molecule has 0 saturated heterocycles. The van der Waals surface area contributed by atoms with E-state index in [2.05, 4.69) is 10.0 Å². The lowest BCUT2D eigenvalue weighted by Gasteiger charge is -2.10. The maximum Gasteiger partial charge on any atom is 0.261 e. The van der Waals surface area contributed by atoms with Crippen LogP contribution >= 0.6 is 0 Å². The molecule has 0 unspecified atom stereocenters. The summed E-state index contributed by atoms with van der Waals surface area (Å²) >= 11 is 0. The van der Waals surface area contributed by atoms with E-state index in [0.717, 1.165) is 12.8 Å². The van der Waals surface area contributed by atoms with Crippen LogP contribution in [0.2, 0.25) is 0 Å². The molecule has 7 heteroatoms. The number of anilines is 1. The van der Waals surface area contributed by atoms with E-state index in [-0.39, 0.29) is 16.8 Å². The van der Waals surface area contributed by atoms with E-state index >= 15 is 0 Å². The van der Waals surface area contributed by atoms with Gasteiger partial charge in [-0.25, -0.2) is 8.42 Å². The Morgan fingerprint density at radius 3 is 2.28 bits per heavy atom. The van der Waals surface area contributed by atoms with Crippen LogP contribution in [-0.4, -0.2) is 27.0 Å². The highest BCUT2D eigenvalue weighted by Gasteiger charge is 2.23. The van der Waals surface area contributed by atoms with Crippen molar-refractivity contribution in [1.29, 1.82) is 0 Å². The normalized spacial score (nSPS) is 14.0. The first-order valence-electron chi connectivity index (χ1n) is 8.14. The van der Waals surface area contributed by atoms with Crippen LogP contribution < -0.4 is 14.8 Å². The minimum Gasteiger partial charge on any atom is -0.494 e. The van der Waals surface area contributed by atoms with Gasteiger partial charge in [0.05, 0.1) is 11.5 Å². The molecule has 0 radical (unpaired) electrons. The molecule has 2 aromatic carbocycles. The second-order valence-electron chi connectivity index (χ2n) is 5.84. The average molecular weight is 360 g/mol. The van der Waals surface area contributed by atoms with E-state index < -0.39 is 10.0 Å². The van der Waals surface area contributed by atoms with Crippen LogP contribution in [0.4, 0.5) is 5.69 Å². The number of ether oxygens (including phenoxy) is 1. The van der Waals surface area contributed by atoms with Crippen LogP contribution in [0.15, 0.2) is 53.4 Å². The lowest BCUT2D eigenvalue weighted by molar-refractivity contribution is 0.0951. The van der Waals surface area contributed by atoms with E-state index in [4.69, 9.17) is 4.74 Å². The summed E-state index contributed by atoms with van der Waals surface area (Å²) in [7, 11) is -3.69. The molecule has 2 aromatic rings. The van der Waals surface area contributed by atoms with Gasteiger partial charge in [0.15, 0.2) is 0 Å². The number of rotatable bonds is 7. The smallest absolute Gasteiger partial charge is 0.261 e. The van der Waals surface area contributed by atoms with Gasteiger partial charge in [-0.3, -0.25) is 9.52 Å². The van der Waals surface area contributed by atoms with Gasteiger partial charge in [0.25, 0.3) is 15.9 Å². The Morgan fingerprint density at radius 2 is 1.72 bits per heavy atom. The molecule has 0 aliphatic heterocycles. The van der Waals surface area contributed by atoms with Crippen LogP contribution in [0.5, 0.6) is 5.75 Å². The molecule has 1 aliphatic rings. The number of hydrogen-bond donors (Lipinski definition) is 2. The molecule has 25 heavy (non-hydrogen) atoms. The van der Waals surface area contributed by atoms with Gasteiger partial charge in [-0.05, 0) is 68.3 Å². The number of carbonyl (C=O) groups excluding carboxylic acids is 1. The molecule has 1 amide bonds. The molecule has 6 nitrogen and oxygen atoms in total. The third-order valence-electron chi connectivity index (χ3n) is 3.76. The number of hydrogen-bond acceptors (Lipinski definition) is 4. The lowest BCUT2D eigenvalue weighted by Crippen LogP contribution is -2.25. The molecule has 1 saturated carbocycles. The van der Waals surface area contributed by atoms with Gasteiger partial charge in [-0.15, -0.1) is 0 Å². The Hall–Kier alpha value is -2.54. The zero-order valence-corrected chi connectivity index (χ0v) is 14.7. The first-order chi connectivity index (χ1) is 12.0. The van der Waals surface area contributed by atoms with Crippen molar-refractivity contribution in [3.63, 3.8) is 0 Å². The van der Waals surface area contributed by atoms with Crippen molar-refractivity contribution in [2.24, 2.45) is 0 Å². The van der Waals surface area contributed by atoms with Gasteiger partial charge < -0.3 is 10.1 Å². The molecule has 0 heterocycles. The summed E-state index contributed by atoms with van der Waals surface area (Å²) in [5.41, 5.74) is 0.910. The molecule has 3 rings (SSSR count). The zero-order valence-electron chi connectivity index (χ0n) is 13.9. The van der Waals surface area contributed by atoms with E-state index in [1.165, 1.54) is 12.1 Å². The van der Waals surface area contributed by atoms with Gasteiger partial charge in [0, 0.05) is 17.3 Å². The zero-order chi connectivity index (χ0) is 17.9. The Balaban J connectivity index is 1.68. The van der Waals surface area contributed by atoms with Crippen molar-refractivity contribution < 1.29 is 17.9 Å². The van der Waals surface area contributed by atoms with Crippen LogP contribution in [0, 0.1) is 0 Å². The maximum atomic E-state index is 12.4. The predicted molar refractivity (Wildman–Crippen MR) is 95.3 cm³/mol. The largest absolute Gasteiger partial charge is 0.494 e. The third kappa shape index (κ3) is 4.51. The van der Waals surface area contributed by atoms with Crippen LogP contribution in [-0.2, 0) is 10.0 Å². The molecule has 1 fully saturated rings. The molecule has 132 valence electrons. The summed E-state index contributed by atoms with van der Waals surface area (Å²) in [4.78, 5) is 12.1. The number of benzene rings is 2. The lowest BCUT2D eigenvalue weighted by atomic mass is 10.2. The first-order valence-corrected chi connectivity index (χ1v) is 9.63. The van der Waals surface area contributed by atoms with Gasteiger partial charge in [-0.2, -0.15) is 0 Å². The average Bonchev–Trinajstić information content (AvgIpc) is 3.40. The molecule has 0 spiro atoms. The van der Waals surface area contributed by atoms with Crippen molar-refractivity contribution in [3.8, 4) is 5.75 Å². The van der Waals surface area contributed by atoms with E-state index in [0.29, 0.717) is 23.6 Å². The summed E-state index contributed by atoms with van der Waals surface area (Å²) in [6.45, 7) is 2.38. The maximum absolute atomic E-state index is 12.4. The fourth-order valence-electron chi connectivity index (χ4n) is 2.28. The summed E-state index contributed by atoms with van der Waals surface area (Å²) in [5, 5.41) is 2.89. The summed E-state index contributed by atoms with van der Waals surface area (Å²) in [6, 6.07) is 12.9. The molecule has 1 aliphatic carbocycles. The Kier molecular flexibility index (Phi) is 4.94. The topological polar surface area (TPSA) is 84.5 Å². The van der Waals surface area contributed by atoms with Crippen LogP contribution in [0.25, 0.3) is 0 Å². The van der Waals surface area contributed by atoms with Crippen molar-refractivity contribution in [1.82, 2.24) is 5.32 Å². The fraction of sp³-hybridized carbons (Fsp3) is 0.278. The Morgan fingerprint density at radius 1 is 1.08 bits per heavy atom. The third-order valence-corrected chi connectivity index (χ3v) is 5.15. The second kappa shape index (κ2) is 7.14. The monoisotopic (exact) mass is 360 g/mol.